The summed E-state index contributed by atoms with van der Waals surface area (Å²) in [6, 6.07) is 11.8. The Hall–Kier alpha value is -3.61. The Kier molecular flexibility index (Phi) is 6.51. The number of hydrogen-bond acceptors (Lipinski definition) is 4. The second kappa shape index (κ2) is 9.26. The van der Waals surface area contributed by atoms with Gasteiger partial charge in [0.1, 0.15) is 5.75 Å². The van der Waals surface area contributed by atoms with Crippen LogP contribution in [0, 0.1) is 6.92 Å². The first kappa shape index (κ1) is 21.1. The predicted molar refractivity (Wildman–Crippen MR) is 115 cm³/mol. The minimum atomic E-state index is -0.477. The van der Waals surface area contributed by atoms with Crippen LogP contribution < -0.4 is 5.32 Å². The van der Waals surface area contributed by atoms with E-state index in [1.165, 1.54) is 18.2 Å². The molecule has 7 heteroatoms. The van der Waals surface area contributed by atoms with E-state index in [1.807, 2.05) is 25.1 Å². The molecule has 1 fully saturated rings. The van der Waals surface area contributed by atoms with E-state index in [2.05, 4.69) is 11.9 Å². The first-order chi connectivity index (χ1) is 14.4. The highest BCUT2D eigenvalue weighted by Crippen LogP contribution is 2.25. The molecule has 1 aliphatic rings. The molecule has 1 aliphatic heterocycles. The van der Waals surface area contributed by atoms with Crippen LogP contribution in [0.2, 0.25) is 0 Å². The number of aryl methyl sites for hydroxylation is 1. The fraction of sp³-hybridized carbons (Fsp3) is 0.261. The number of carbonyl (C=O) groups excluding carboxylic acids is 3. The number of phenolic OH excluding ortho intramolecular Hbond substituents is 1. The second-order valence-corrected chi connectivity index (χ2v) is 7.23. The average Bonchev–Trinajstić information content (AvgIpc) is 3.00. The van der Waals surface area contributed by atoms with E-state index in [0.717, 1.165) is 11.6 Å². The Morgan fingerprint density at radius 3 is 2.20 bits per heavy atom. The quantitative estimate of drug-likeness (QED) is 0.602. The van der Waals surface area contributed by atoms with E-state index in [0.29, 0.717) is 43.7 Å². The SMILES string of the molecule is C=CC(=O)Nc1cc(C(=O)N2CCCN(C(=O)c3cccc(C)c3)CC2)ccc1O. The number of anilines is 1. The summed E-state index contributed by atoms with van der Waals surface area (Å²) in [5, 5.41) is 12.4. The van der Waals surface area contributed by atoms with Gasteiger partial charge in [0.25, 0.3) is 11.8 Å². The molecule has 2 N–H and O–H groups in total. The van der Waals surface area contributed by atoms with Gasteiger partial charge in [-0.15, -0.1) is 0 Å². The Morgan fingerprint density at radius 1 is 0.967 bits per heavy atom. The smallest absolute Gasteiger partial charge is 0.253 e. The molecular formula is C23H25N3O4. The molecule has 0 atom stereocenters. The first-order valence-corrected chi connectivity index (χ1v) is 9.80. The summed E-state index contributed by atoms with van der Waals surface area (Å²) in [6.45, 7) is 7.27. The minimum Gasteiger partial charge on any atom is -0.506 e. The lowest BCUT2D eigenvalue weighted by Gasteiger charge is -2.22. The van der Waals surface area contributed by atoms with Crippen molar-refractivity contribution in [3.63, 3.8) is 0 Å². The Bertz CT molecular complexity index is 986. The van der Waals surface area contributed by atoms with Gasteiger partial charge in [0.15, 0.2) is 0 Å². The van der Waals surface area contributed by atoms with Crippen molar-refractivity contribution >= 4 is 23.4 Å². The molecule has 30 heavy (non-hydrogen) atoms. The lowest BCUT2D eigenvalue weighted by atomic mass is 10.1. The number of carbonyl (C=O) groups is 3. The van der Waals surface area contributed by atoms with Gasteiger partial charge < -0.3 is 20.2 Å². The predicted octanol–water partition coefficient (Wildman–Crippen LogP) is 2.81. The maximum absolute atomic E-state index is 13.0. The van der Waals surface area contributed by atoms with Crippen LogP contribution in [0.15, 0.2) is 55.1 Å². The van der Waals surface area contributed by atoms with Gasteiger partial charge >= 0.3 is 0 Å². The summed E-state index contributed by atoms with van der Waals surface area (Å²) >= 11 is 0. The monoisotopic (exact) mass is 407 g/mol. The van der Waals surface area contributed by atoms with Crippen molar-refractivity contribution in [2.45, 2.75) is 13.3 Å². The minimum absolute atomic E-state index is 0.0351. The lowest BCUT2D eigenvalue weighted by molar-refractivity contribution is -0.111. The van der Waals surface area contributed by atoms with E-state index in [4.69, 9.17) is 0 Å². The molecule has 7 nitrogen and oxygen atoms in total. The number of aromatic hydroxyl groups is 1. The summed E-state index contributed by atoms with van der Waals surface area (Å²) in [4.78, 5) is 40.8. The van der Waals surface area contributed by atoms with Crippen molar-refractivity contribution in [2.75, 3.05) is 31.5 Å². The molecule has 0 bridgehead atoms. The molecule has 0 spiro atoms. The molecule has 3 rings (SSSR count). The highest BCUT2D eigenvalue weighted by atomic mass is 16.3. The van der Waals surface area contributed by atoms with Crippen molar-refractivity contribution < 1.29 is 19.5 Å². The maximum atomic E-state index is 13.0. The van der Waals surface area contributed by atoms with Gasteiger partial charge in [-0.2, -0.15) is 0 Å². The number of nitrogens with one attached hydrogen (secondary N) is 1. The van der Waals surface area contributed by atoms with Crippen LogP contribution in [0.5, 0.6) is 5.75 Å². The molecule has 2 aromatic rings. The molecule has 3 amide bonds. The van der Waals surface area contributed by atoms with Crippen molar-refractivity contribution in [2.24, 2.45) is 0 Å². The van der Waals surface area contributed by atoms with E-state index in [-0.39, 0.29) is 23.3 Å². The summed E-state index contributed by atoms with van der Waals surface area (Å²) in [7, 11) is 0. The molecular weight excluding hydrogens is 382 g/mol. The number of hydrogen-bond donors (Lipinski definition) is 2. The zero-order valence-corrected chi connectivity index (χ0v) is 16.9. The van der Waals surface area contributed by atoms with Gasteiger partial charge in [-0.1, -0.05) is 24.3 Å². The molecule has 1 heterocycles. The van der Waals surface area contributed by atoms with Crippen LogP contribution in [-0.4, -0.2) is 58.8 Å². The number of benzene rings is 2. The van der Waals surface area contributed by atoms with E-state index in [1.54, 1.807) is 15.9 Å². The van der Waals surface area contributed by atoms with E-state index >= 15 is 0 Å². The van der Waals surface area contributed by atoms with Gasteiger partial charge in [-0.05, 0) is 49.8 Å². The Labute approximate surface area is 175 Å². The number of phenols is 1. The van der Waals surface area contributed by atoms with Crippen molar-refractivity contribution in [1.82, 2.24) is 9.80 Å². The summed E-state index contributed by atoms with van der Waals surface area (Å²) in [5.41, 5.74) is 2.18. The standard InChI is InChI=1S/C23H25N3O4/c1-3-21(28)24-19-15-18(8-9-20(19)27)23(30)26-11-5-10-25(12-13-26)22(29)17-7-4-6-16(2)14-17/h3-4,6-9,14-15,27H,1,5,10-13H2,2H3,(H,24,28). The Morgan fingerprint density at radius 2 is 1.60 bits per heavy atom. The highest BCUT2D eigenvalue weighted by Gasteiger charge is 2.24. The molecule has 0 unspecified atom stereocenters. The van der Waals surface area contributed by atoms with Crippen LogP contribution in [0.3, 0.4) is 0 Å². The second-order valence-electron chi connectivity index (χ2n) is 7.23. The molecule has 0 aliphatic carbocycles. The van der Waals surface area contributed by atoms with Crippen molar-refractivity contribution in [1.29, 1.82) is 0 Å². The van der Waals surface area contributed by atoms with Crippen LogP contribution in [0.4, 0.5) is 5.69 Å². The normalized spacial score (nSPS) is 14.0. The van der Waals surface area contributed by atoms with E-state index in [9.17, 15) is 19.5 Å². The largest absolute Gasteiger partial charge is 0.506 e. The van der Waals surface area contributed by atoms with Gasteiger partial charge in [-0.3, -0.25) is 14.4 Å². The van der Waals surface area contributed by atoms with Gasteiger partial charge in [-0.25, -0.2) is 0 Å². The maximum Gasteiger partial charge on any atom is 0.253 e. The van der Waals surface area contributed by atoms with Crippen LogP contribution in [0.1, 0.15) is 32.7 Å². The Balaban J connectivity index is 1.70. The van der Waals surface area contributed by atoms with Gasteiger partial charge in [0.05, 0.1) is 5.69 Å². The third-order valence-electron chi connectivity index (χ3n) is 5.02. The fourth-order valence-electron chi connectivity index (χ4n) is 3.42. The van der Waals surface area contributed by atoms with Crippen LogP contribution in [-0.2, 0) is 4.79 Å². The lowest BCUT2D eigenvalue weighted by Crippen LogP contribution is -2.37. The third-order valence-corrected chi connectivity index (χ3v) is 5.02. The molecule has 1 saturated heterocycles. The van der Waals surface area contributed by atoms with Crippen LogP contribution >= 0.6 is 0 Å². The number of rotatable bonds is 4. The number of amides is 3. The summed E-state index contributed by atoms with van der Waals surface area (Å²) in [6.07, 6.45) is 1.75. The molecule has 0 radical (unpaired) electrons. The first-order valence-electron chi connectivity index (χ1n) is 9.80. The summed E-state index contributed by atoms with van der Waals surface area (Å²) in [5.74, 6) is -0.858. The fourth-order valence-corrected chi connectivity index (χ4v) is 3.42. The molecule has 156 valence electrons. The zero-order valence-electron chi connectivity index (χ0n) is 16.9. The summed E-state index contributed by atoms with van der Waals surface area (Å²) < 4.78 is 0. The highest BCUT2D eigenvalue weighted by molar-refractivity contribution is 6.02. The molecule has 0 saturated carbocycles. The van der Waals surface area contributed by atoms with Crippen molar-refractivity contribution in [3.05, 3.63) is 71.8 Å². The molecule has 2 aromatic carbocycles. The third kappa shape index (κ3) is 4.86. The average molecular weight is 407 g/mol. The molecule has 0 aromatic heterocycles. The topological polar surface area (TPSA) is 90.0 Å². The van der Waals surface area contributed by atoms with Gasteiger partial charge in [0.2, 0.25) is 5.91 Å². The van der Waals surface area contributed by atoms with Gasteiger partial charge in [0, 0.05) is 37.3 Å². The van der Waals surface area contributed by atoms with E-state index < -0.39 is 5.91 Å². The zero-order chi connectivity index (χ0) is 21.7. The number of nitrogens with zero attached hydrogens (tertiary/aromatic N) is 2. The van der Waals surface area contributed by atoms with Crippen LogP contribution in [0.25, 0.3) is 0 Å². The van der Waals surface area contributed by atoms with Crippen molar-refractivity contribution in [3.8, 4) is 5.75 Å².